The third-order valence-corrected chi connectivity index (χ3v) is 4.02. The van der Waals surface area contributed by atoms with Crippen LogP contribution < -0.4 is 5.32 Å². The molecule has 0 aromatic heterocycles. The summed E-state index contributed by atoms with van der Waals surface area (Å²) < 4.78 is 0. The van der Waals surface area contributed by atoms with Gasteiger partial charge >= 0.3 is 0 Å². The van der Waals surface area contributed by atoms with Crippen LogP contribution in [0, 0.1) is 5.92 Å². The molecule has 1 fully saturated rings. The molecule has 0 spiro atoms. The second-order valence-electron chi connectivity index (χ2n) is 5.12. The maximum Gasteiger partial charge on any atom is 0.0220 e. The van der Waals surface area contributed by atoms with Crippen molar-refractivity contribution in [2.24, 2.45) is 5.92 Å². The summed E-state index contributed by atoms with van der Waals surface area (Å²) in [4.78, 5) is 2.67. The molecule has 1 N–H and O–H groups in total. The predicted octanol–water partition coefficient (Wildman–Crippen LogP) is 2.49. The number of nitrogens with one attached hydrogen (secondary N) is 1. The topological polar surface area (TPSA) is 15.3 Å². The van der Waals surface area contributed by atoms with Crippen LogP contribution in [-0.2, 0) is 0 Å². The molecule has 0 amide bonds. The van der Waals surface area contributed by atoms with E-state index in [1.54, 1.807) is 0 Å². The van der Waals surface area contributed by atoms with Crippen molar-refractivity contribution in [2.45, 2.75) is 58.5 Å². The minimum Gasteiger partial charge on any atom is -0.315 e. The molecule has 0 saturated carbocycles. The summed E-state index contributed by atoms with van der Waals surface area (Å²) in [6.07, 6.45) is 5.40. The van der Waals surface area contributed by atoms with E-state index in [1.807, 2.05) is 0 Å². The fourth-order valence-electron chi connectivity index (χ4n) is 2.73. The Morgan fingerprint density at radius 2 is 2.07 bits per heavy atom. The predicted molar refractivity (Wildman–Crippen MR) is 67.2 cm³/mol. The molecule has 2 nitrogen and oxygen atoms in total. The average Bonchev–Trinajstić information content (AvgIpc) is 2.44. The fourth-order valence-corrected chi connectivity index (χ4v) is 2.73. The summed E-state index contributed by atoms with van der Waals surface area (Å²) >= 11 is 0. The number of hydrogen-bond donors (Lipinski definition) is 1. The minimum atomic E-state index is 0.651. The highest BCUT2D eigenvalue weighted by atomic mass is 15.2. The average molecular weight is 212 g/mol. The van der Waals surface area contributed by atoms with Gasteiger partial charge in [0.15, 0.2) is 0 Å². The lowest BCUT2D eigenvalue weighted by atomic mass is 10.0. The Balaban J connectivity index is 2.46. The second-order valence-corrected chi connectivity index (χ2v) is 5.12. The summed E-state index contributed by atoms with van der Waals surface area (Å²) in [5, 5.41) is 3.44. The van der Waals surface area contributed by atoms with E-state index in [0.717, 1.165) is 5.92 Å². The van der Waals surface area contributed by atoms with E-state index >= 15 is 0 Å². The SMILES string of the molecule is CCC(NC)C(C)N1CCCC(C)CC1. The van der Waals surface area contributed by atoms with E-state index in [9.17, 15) is 0 Å². The van der Waals surface area contributed by atoms with Gasteiger partial charge in [0.1, 0.15) is 0 Å². The van der Waals surface area contributed by atoms with Crippen LogP contribution >= 0.6 is 0 Å². The zero-order valence-corrected chi connectivity index (χ0v) is 10.9. The molecule has 0 aromatic carbocycles. The largest absolute Gasteiger partial charge is 0.315 e. The molecule has 1 rings (SSSR count). The van der Waals surface area contributed by atoms with Gasteiger partial charge in [-0.2, -0.15) is 0 Å². The van der Waals surface area contributed by atoms with E-state index in [1.165, 1.54) is 38.8 Å². The standard InChI is InChI=1S/C13H28N2/c1-5-13(14-4)12(3)15-9-6-7-11(2)8-10-15/h11-14H,5-10H2,1-4H3. The fraction of sp³-hybridized carbons (Fsp3) is 1.00. The maximum atomic E-state index is 3.44. The first-order chi connectivity index (χ1) is 7.19. The van der Waals surface area contributed by atoms with E-state index < -0.39 is 0 Å². The molecule has 1 aliphatic rings. The van der Waals surface area contributed by atoms with Crippen molar-refractivity contribution < 1.29 is 0 Å². The first-order valence-electron chi connectivity index (χ1n) is 6.60. The summed E-state index contributed by atoms with van der Waals surface area (Å²) in [5.41, 5.74) is 0. The molecule has 0 aliphatic carbocycles. The maximum absolute atomic E-state index is 3.44. The van der Waals surface area contributed by atoms with Crippen molar-refractivity contribution in [1.82, 2.24) is 10.2 Å². The van der Waals surface area contributed by atoms with E-state index in [-0.39, 0.29) is 0 Å². The van der Waals surface area contributed by atoms with Gasteiger partial charge in [-0.1, -0.05) is 13.8 Å². The molecule has 1 heterocycles. The van der Waals surface area contributed by atoms with Crippen molar-refractivity contribution in [3.05, 3.63) is 0 Å². The normalized spacial score (nSPS) is 28.4. The highest BCUT2D eigenvalue weighted by molar-refractivity contribution is 4.81. The lowest BCUT2D eigenvalue weighted by Gasteiger charge is -2.33. The third kappa shape index (κ3) is 3.76. The van der Waals surface area contributed by atoms with Crippen LogP contribution in [0.4, 0.5) is 0 Å². The van der Waals surface area contributed by atoms with Gasteiger partial charge in [0.05, 0.1) is 0 Å². The van der Waals surface area contributed by atoms with Crippen LogP contribution in [-0.4, -0.2) is 37.1 Å². The first kappa shape index (κ1) is 13.0. The van der Waals surface area contributed by atoms with Crippen molar-refractivity contribution in [3.63, 3.8) is 0 Å². The van der Waals surface area contributed by atoms with Gasteiger partial charge in [-0.05, 0) is 58.7 Å². The molecule has 1 aliphatic heterocycles. The van der Waals surface area contributed by atoms with E-state index in [4.69, 9.17) is 0 Å². The lowest BCUT2D eigenvalue weighted by molar-refractivity contribution is 0.174. The van der Waals surface area contributed by atoms with Crippen LogP contribution in [0.15, 0.2) is 0 Å². The Kier molecular flexibility index (Phi) is 5.62. The van der Waals surface area contributed by atoms with Gasteiger partial charge < -0.3 is 5.32 Å². The van der Waals surface area contributed by atoms with Crippen molar-refractivity contribution in [2.75, 3.05) is 20.1 Å². The van der Waals surface area contributed by atoms with Crippen LogP contribution in [0.25, 0.3) is 0 Å². The molecule has 1 saturated heterocycles. The van der Waals surface area contributed by atoms with E-state index in [0.29, 0.717) is 12.1 Å². The molecule has 15 heavy (non-hydrogen) atoms. The Labute approximate surface area is 95.4 Å². The Morgan fingerprint density at radius 1 is 1.33 bits per heavy atom. The van der Waals surface area contributed by atoms with Gasteiger partial charge in [-0.15, -0.1) is 0 Å². The number of likely N-dealkylation sites (N-methyl/N-ethyl adjacent to an activating group) is 1. The van der Waals surface area contributed by atoms with Crippen LogP contribution in [0.2, 0.25) is 0 Å². The summed E-state index contributed by atoms with van der Waals surface area (Å²) in [5.74, 6) is 0.928. The van der Waals surface area contributed by atoms with Gasteiger partial charge in [0.25, 0.3) is 0 Å². The van der Waals surface area contributed by atoms with Crippen LogP contribution in [0.5, 0.6) is 0 Å². The first-order valence-corrected chi connectivity index (χ1v) is 6.60. The molecule has 0 radical (unpaired) electrons. The van der Waals surface area contributed by atoms with Crippen molar-refractivity contribution >= 4 is 0 Å². The highest BCUT2D eigenvalue weighted by Gasteiger charge is 2.23. The quantitative estimate of drug-likeness (QED) is 0.770. The second kappa shape index (κ2) is 6.49. The van der Waals surface area contributed by atoms with Gasteiger partial charge in [0, 0.05) is 12.1 Å². The molecule has 0 aromatic rings. The summed E-state index contributed by atoms with van der Waals surface area (Å²) in [6, 6.07) is 1.34. The van der Waals surface area contributed by atoms with E-state index in [2.05, 4.69) is 38.0 Å². The molecule has 2 heteroatoms. The molecule has 3 unspecified atom stereocenters. The summed E-state index contributed by atoms with van der Waals surface area (Å²) in [7, 11) is 2.09. The zero-order valence-electron chi connectivity index (χ0n) is 10.9. The van der Waals surface area contributed by atoms with Crippen molar-refractivity contribution in [3.8, 4) is 0 Å². The molecule has 90 valence electrons. The highest BCUT2D eigenvalue weighted by Crippen LogP contribution is 2.19. The summed E-state index contributed by atoms with van der Waals surface area (Å²) in [6.45, 7) is 9.63. The number of likely N-dealkylation sites (tertiary alicyclic amines) is 1. The van der Waals surface area contributed by atoms with Gasteiger partial charge in [0.2, 0.25) is 0 Å². The minimum absolute atomic E-state index is 0.651. The third-order valence-electron chi connectivity index (χ3n) is 4.02. The lowest BCUT2D eigenvalue weighted by Crippen LogP contribution is -2.47. The molecular weight excluding hydrogens is 184 g/mol. The van der Waals surface area contributed by atoms with Crippen LogP contribution in [0.1, 0.15) is 46.5 Å². The molecule has 3 atom stereocenters. The molecule has 0 bridgehead atoms. The number of rotatable bonds is 4. The zero-order chi connectivity index (χ0) is 11.3. The monoisotopic (exact) mass is 212 g/mol. The smallest absolute Gasteiger partial charge is 0.0220 e. The number of nitrogens with zero attached hydrogens (tertiary/aromatic N) is 1. The molecular formula is C13H28N2. The van der Waals surface area contributed by atoms with Gasteiger partial charge in [-0.25, -0.2) is 0 Å². The van der Waals surface area contributed by atoms with Crippen molar-refractivity contribution in [1.29, 1.82) is 0 Å². The number of hydrogen-bond acceptors (Lipinski definition) is 2. The Morgan fingerprint density at radius 3 is 2.67 bits per heavy atom. The van der Waals surface area contributed by atoms with Gasteiger partial charge in [-0.3, -0.25) is 4.90 Å². The van der Waals surface area contributed by atoms with Crippen LogP contribution in [0.3, 0.4) is 0 Å². The Bertz CT molecular complexity index is 166. The Hall–Kier alpha value is -0.0800.